The molecule has 0 amide bonds. The van der Waals surface area contributed by atoms with Crippen molar-refractivity contribution in [2.45, 2.75) is 10.8 Å². The van der Waals surface area contributed by atoms with Gasteiger partial charge in [0, 0.05) is 74.3 Å². The van der Waals surface area contributed by atoms with Gasteiger partial charge in [0.25, 0.3) is 0 Å². The second-order valence-corrected chi connectivity index (χ2v) is 33.4. The van der Waals surface area contributed by atoms with Gasteiger partial charge in [0.05, 0.1) is 16.5 Å². The van der Waals surface area contributed by atoms with Crippen molar-refractivity contribution in [3.05, 3.63) is 518 Å². The Balaban J connectivity index is 0.000000145. The Labute approximate surface area is 708 Å². The van der Waals surface area contributed by atoms with Gasteiger partial charge in [-0.1, -0.05) is 370 Å². The van der Waals surface area contributed by atoms with Gasteiger partial charge in [-0.15, -0.1) is 22.7 Å². The first-order chi connectivity index (χ1) is 59.5. The second-order valence-electron chi connectivity index (χ2n) is 31.3. The van der Waals surface area contributed by atoms with E-state index in [0.29, 0.717) is 0 Å². The zero-order chi connectivity index (χ0) is 79.5. The van der Waals surface area contributed by atoms with Crippen LogP contribution >= 0.6 is 22.7 Å². The van der Waals surface area contributed by atoms with Gasteiger partial charge in [0.1, 0.15) is 0 Å². The number of fused-ring (bicyclic) bond motifs is 12. The molecule has 21 aromatic rings. The Morgan fingerprint density at radius 3 is 0.850 bits per heavy atom. The zero-order valence-corrected chi connectivity index (χ0v) is 67.4. The Hall–Kier alpha value is -14.8. The molecule has 0 unspecified atom stereocenters. The van der Waals surface area contributed by atoms with Gasteiger partial charge in [-0.3, -0.25) is 0 Å². The van der Waals surface area contributed by atoms with Crippen LogP contribution in [-0.4, -0.2) is 0 Å². The Morgan fingerprint density at radius 2 is 0.433 bits per heavy atom. The molecule has 0 atom stereocenters. The van der Waals surface area contributed by atoms with Gasteiger partial charge in [-0.05, 0) is 220 Å². The first-order valence-corrected chi connectivity index (χ1v) is 42.9. The third-order valence-electron chi connectivity index (χ3n) is 24.8. The predicted molar refractivity (Wildman–Crippen MR) is 510 cm³/mol. The Kier molecular flexibility index (Phi) is 18.2. The fourth-order valence-corrected chi connectivity index (χ4v) is 21.4. The molecule has 0 radical (unpaired) electrons. The van der Waals surface area contributed by atoms with Crippen LogP contribution in [0.2, 0.25) is 0 Å². The molecular weight excluding hydrogens is 1490 g/mol. The maximum atomic E-state index is 2.46. The lowest BCUT2D eigenvalue weighted by Gasteiger charge is -2.35. The van der Waals surface area contributed by atoms with E-state index in [9.17, 15) is 0 Å². The number of thiophene rings is 2. The predicted octanol–water partition coefficient (Wildman–Crippen LogP) is 32.1. The van der Waals surface area contributed by atoms with Crippen LogP contribution in [-0.2, 0) is 10.8 Å². The highest BCUT2D eigenvalue weighted by Crippen LogP contribution is 2.60. The SMILES string of the molecule is c1ccc(-c2ccc(-c3ccc(N(c4ccc(-c5ccc6sc7ccccc7c6c5)cc4)c4ccc5c(c4)C(c4ccccc4)(c4ccccc4)c4ccccc4-5)cc3)cc2)cc1.c1ccc(-c2ccccc2N(c2ccc(-c3ccc4sc5ccccc5c4c3)cc2)c2ccc3c(c2)C(c2ccccc2)(c2ccccc2)c2ccccc2-3)cc1. The van der Waals surface area contributed by atoms with Crippen LogP contribution in [0.4, 0.5) is 34.1 Å². The monoisotopic (exact) mass is 1560 g/mol. The van der Waals surface area contributed by atoms with Crippen LogP contribution < -0.4 is 9.80 Å². The fraction of sp³-hybridized carbons (Fsp3) is 0.0172. The van der Waals surface area contributed by atoms with Crippen molar-refractivity contribution in [3.63, 3.8) is 0 Å². The van der Waals surface area contributed by atoms with Crippen LogP contribution in [0.15, 0.2) is 473 Å². The van der Waals surface area contributed by atoms with Crippen molar-refractivity contribution in [2.24, 2.45) is 0 Å². The average molecular weight is 1560 g/mol. The van der Waals surface area contributed by atoms with Crippen LogP contribution in [0.25, 0.3) is 118 Å². The van der Waals surface area contributed by atoms with Gasteiger partial charge in [-0.2, -0.15) is 0 Å². The molecule has 2 heterocycles. The minimum atomic E-state index is -0.500. The highest BCUT2D eigenvalue weighted by molar-refractivity contribution is 7.26. The molecule has 2 aliphatic rings. The van der Waals surface area contributed by atoms with Crippen molar-refractivity contribution in [2.75, 3.05) is 9.80 Å². The molecule has 120 heavy (non-hydrogen) atoms. The minimum absolute atomic E-state index is 0.497. The lowest BCUT2D eigenvalue weighted by atomic mass is 9.67. The summed E-state index contributed by atoms with van der Waals surface area (Å²) in [4.78, 5) is 4.87. The van der Waals surface area contributed by atoms with Crippen LogP contribution in [0, 0.1) is 0 Å². The first kappa shape index (κ1) is 71.7. The lowest BCUT2D eigenvalue weighted by molar-refractivity contribution is 0.768. The largest absolute Gasteiger partial charge is 0.310 e. The Bertz CT molecular complexity index is 7270. The maximum Gasteiger partial charge on any atom is 0.0714 e. The average Bonchev–Trinajstić information content (AvgIpc) is 1.54. The molecule has 2 aliphatic carbocycles. The smallest absolute Gasteiger partial charge is 0.0714 e. The third kappa shape index (κ3) is 12.3. The van der Waals surface area contributed by atoms with E-state index in [-0.39, 0.29) is 0 Å². The van der Waals surface area contributed by atoms with E-state index in [1.807, 2.05) is 22.7 Å². The molecule has 19 aromatic carbocycles. The van der Waals surface area contributed by atoms with E-state index in [1.54, 1.807) is 0 Å². The summed E-state index contributed by atoms with van der Waals surface area (Å²) in [7, 11) is 0. The van der Waals surface area contributed by atoms with Gasteiger partial charge in [0.2, 0.25) is 0 Å². The van der Waals surface area contributed by atoms with E-state index in [4.69, 9.17) is 0 Å². The summed E-state index contributed by atoms with van der Waals surface area (Å²) in [6.45, 7) is 0. The van der Waals surface area contributed by atoms with Crippen molar-refractivity contribution in [1.29, 1.82) is 0 Å². The van der Waals surface area contributed by atoms with Crippen molar-refractivity contribution in [3.8, 4) is 77.9 Å². The summed E-state index contributed by atoms with van der Waals surface area (Å²) < 4.78 is 5.29. The van der Waals surface area contributed by atoms with E-state index in [0.717, 1.165) is 34.1 Å². The topological polar surface area (TPSA) is 6.48 Å². The number of benzene rings is 19. The molecule has 0 bridgehead atoms. The molecule has 0 N–H and O–H groups in total. The summed E-state index contributed by atoms with van der Waals surface area (Å²) in [6.07, 6.45) is 0. The second kappa shape index (κ2) is 30.4. The third-order valence-corrected chi connectivity index (χ3v) is 27.1. The minimum Gasteiger partial charge on any atom is -0.310 e. The molecule has 0 fully saturated rings. The van der Waals surface area contributed by atoms with Gasteiger partial charge >= 0.3 is 0 Å². The number of nitrogens with zero attached hydrogens (tertiary/aromatic N) is 2. The molecule has 23 rings (SSSR count). The van der Waals surface area contributed by atoms with E-state index in [1.165, 1.54) is 163 Å². The summed E-state index contributed by atoms with van der Waals surface area (Å²) in [5.41, 5.74) is 33.0. The molecule has 2 aromatic heterocycles. The number of hydrogen-bond donors (Lipinski definition) is 0. The molecule has 4 heteroatoms. The van der Waals surface area contributed by atoms with E-state index in [2.05, 4.69) is 483 Å². The highest BCUT2D eigenvalue weighted by atomic mass is 32.1. The van der Waals surface area contributed by atoms with E-state index >= 15 is 0 Å². The van der Waals surface area contributed by atoms with Crippen molar-refractivity contribution in [1.82, 2.24) is 0 Å². The molecule has 0 saturated heterocycles. The summed E-state index contributed by atoms with van der Waals surface area (Å²) in [6, 6.07) is 174. The van der Waals surface area contributed by atoms with Crippen LogP contribution in [0.1, 0.15) is 44.5 Å². The number of anilines is 6. The summed E-state index contributed by atoms with van der Waals surface area (Å²) in [5, 5.41) is 5.27. The fourth-order valence-electron chi connectivity index (χ4n) is 19.3. The standard InChI is InChI=1S/C61H41NS.C55H37NS/c1-4-14-42(15-5-1)43-24-26-44(27-25-43)45-28-33-50(34-29-45)62(51-35-30-46(31-36-51)47-32-39-60-56(40-47)55-21-11-13-23-59(55)63-60)52-37-38-54-53-20-10-12-22-57(53)61(58(54)41-52,48-16-6-2-7-17-48)49-18-8-3-9-19-49;1-4-16-39(17-5-1)45-22-11-14-26-52(45)56(43-31-28-38(29-32-43)40-30-35-54-49(36-40)48-24-12-15-27-53(48)57-54)44-33-34-47-46-23-10-13-25-50(46)55(51(47)37-44,41-18-6-2-7-19-41)42-20-8-3-9-21-42/h1-41H;1-37H. The van der Waals surface area contributed by atoms with Crippen molar-refractivity contribution >= 4 is 97.1 Å². The van der Waals surface area contributed by atoms with Gasteiger partial charge in [-0.25, -0.2) is 0 Å². The quantitative estimate of drug-likeness (QED) is 0.101. The summed E-state index contributed by atoms with van der Waals surface area (Å²) in [5.74, 6) is 0. The van der Waals surface area contributed by atoms with Crippen LogP contribution in [0.5, 0.6) is 0 Å². The number of para-hydroxylation sites is 1. The highest BCUT2D eigenvalue weighted by Gasteiger charge is 2.48. The normalized spacial score (nSPS) is 12.6. The van der Waals surface area contributed by atoms with Crippen LogP contribution in [0.3, 0.4) is 0 Å². The molecule has 2 nitrogen and oxygen atoms in total. The zero-order valence-electron chi connectivity index (χ0n) is 65.7. The first-order valence-electron chi connectivity index (χ1n) is 41.2. The summed E-state index contributed by atoms with van der Waals surface area (Å²) >= 11 is 3.72. The molecule has 0 aliphatic heterocycles. The molecule has 0 spiro atoms. The van der Waals surface area contributed by atoms with E-state index < -0.39 is 10.8 Å². The number of rotatable bonds is 15. The van der Waals surface area contributed by atoms with Gasteiger partial charge in [0.15, 0.2) is 0 Å². The molecule has 564 valence electrons. The van der Waals surface area contributed by atoms with Crippen molar-refractivity contribution < 1.29 is 0 Å². The van der Waals surface area contributed by atoms with Gasteiger partial charge < -0.3 is 9.80 Å². The molecule has 0 saturated carbocycles. The lowest BCUT2D eigenvalue weighted by Crippen LogP contribution is -2.28. The maximum absolute atomic E-state index is 2.46. The number of hydrogen-bond acceptors (Lipinski definition) is 4. The Morgan fingerprint density at radius 1 is 0.158 bits per heavy atom. The molecular formula is C116H78N2S2.